The molecule has 4 saturated carbocycles. The number of nitriles is 1. The minimum Gasteiger partial charge on any atom is -0.476 e. The van der Waals surface area contributed by atoms with Crippen molar-refractivity contribution in [3.8, 4) is 11.8 Å². The van der Waals surface area contributed by atoms with Crippen molar-refractivity contribution in [2.75, 3.05) is 0 Å². The van der Waals surface area contributed by atoms with Crippen LogP contribution in [0.5, 0.6) is 5.75 Å². The van der Waals surface area contributed by atoms with Gasteiger partial charge in [-0.2, -0.15) is 5.26 Å². The number of halogens is 2. The van der Waals surface area contributed by atoms with Gasteiger partial charge in [0.25, 0.3) is 5.91 Å². The number of hydrogen-bond acceptors (Lipinski definition) is 3. The maximum absolute atomic E-state index is 13.2. The average molecular weight is 391 g/mol. The van der Waals surface area contributed by atoms with E-state index in [1.165, 1.54) is 18.6 Å². The van der Waals surface area contributed by atoms with Crippen molar-refractivity contribution in [3.63, 3.8) is 0 Å². The lowest BCUT2D eigenvalue weighted by Gasteiger charge is -2.58. The number of nitrogens with zero attached hydrogens (tertiary/aromatic N) is 1. The molecule has 4 nitrogen and oxygen atoms in total. The van der Waals surface area contributed by atoms with Gasteiger partial charge >= 0.3 is 0 Å². The van der Waals surface area contributed by atoms with Crippen LogP contribution in [-0.2, 0) is 4.79 Å². The number of hydrogen-bond donors (Lipinski definition) is 1. The summed E-state index contributed by atoms with van der Waals surface area (Å²) in [5, 5.41) is 13.2. The van der Waals surface area contributed by atoms with Crippen molar-refractivity contribution < 1.29 is 13.9 Å². The van der Waals surface area contributed by atoms with Gasteiger partial charge in [-0.1, -0.05) is 11.6 Å². The third-order valence-corrected chi connectivity index (χ3v) is 6.92. The van der Waals surface area contributed by atoms with E-state index in [1.807, 2.05) is 0 Å². The van der Waals surface area contributed by atoms with Crippen LogP contribution in [-0.4, -0.2) is 17.6 Å². The summed E-state index contributed by atoms with van der Waals surface area (Å²) in [6.07, 6.45) is 5.18. The minimum absolute atomic E-state index is 0.124. The molecule has 27 heavy (non-hydrogen) atoms. The highest BCUT2D eigenvalue weighted by atomic mass is 35.5. The molecule has 0 saturated heterocycles. The van der Waals surface area contributed by atoms with Gasteiger partial charge in [0.1, 0.15) is 11.6 Å². The van der Waals surface area contributed by atoms with Gasteiger partial charge in [0, 0.05) is 0 Å². The van der Waals surface area contributed by atoms with Gasteiger partial charge in [0.05, 0.1) is 22.5 Å². The topological polar surface area (TPSA) is 62.1 Å². The van der Waals surface area contributed by atoms with E-state index in [0.717, 1.165) is 31.7 Å². The van der Waals surface area contributed by atoms with E-state index in [4.69, 9.17) is 16.3 Å². The number of ether oxygens (including phenoxy) is 1. The molecular weight excluding hydrogens is 367 g/mol. The number of nitrogens with one attached hydrogen (secondary N) is 1. The van der Waals surface area contributed by atoms with E-state index >= 15 is 0 Å². The number of benzene rings is 1. The third-order valence-electron chi connectivity index (χ3n) is 6.63. The first-order valence-corrected chi connectivity index (χ1v) is 9.96. The summed E-state index contributed by atoms with van der Waals surface area (Å²) in [4.78, 5) is 13.0. The van der Waals surface area contributed by atoms with E-state index in [0.29, 0.717) is 17.8 Å². The van der Waals surface area contributed by atoms with Crippen LogP contribution in [0.25, 0.3) is 0 Å². The van der Waals surface area contributed by atoms with Gasteiger partial charge < -0.3 is 10.1 Å². The van der Waals surface area contributed by atoms with Crippen LogP contribution in [0.4, 0.5) is 4.39 Å². The van der Waals surface area contributed by atoms with Crippen LogP contribution < -0.4 is 10.1 Å². The first-order valence-electron chi connectivity index (χ1n) is 9.59. The standard InChI is InChI=1S/C21H24ClFN2O2/c1-20(2,27-17-4-3-15(23)8-16(17)22)19(26)25-18-14-6-12-5-13(7-14)10-21(18,9-12)11-24/h3-4,8,12-14,18H,5-7,9-10H2,1-2H3,(H,25,26). The fraction of sp³-hybridized carbons (Fsp3) is 0.619. The van der Waals surface area contributed by atoms with Gasteiger partial charge in [0.15, 0.2) is 5.60 Å². The summed E-state index contributed by atoms with van der Waals surface area (Å²) < 4.78 is 19.1. The predicted octanol–water partition coefficient (Wildman–Crippen LogP) is 4.47. The molecule has 4 bridgehead atoms. The van der Waals surface area contributed by atoms with Gasteiger partial charge in [-0.3, -0.25) is 4.79 Å². The smallest absolute Gasteiger partial charge is 0.263 e. The van der Waals surface area contributed by atoms with E-state index in [2.05, 4.69) is 11.4 Å². The van der Waals surface area contributed by atoms with E-state index < -0.39 is 16.8 Å². The summed E-state index contributed by atoms with van der Waals surface area (Å²) >= 11 is 6.04. The fourth-order valence-electron chi connectivity index (χ4n) is 5.65. The van der Waals surface area contributed by atoms with Crippen LogP contribution in [0.3, 0.4) is 0 Å². The van der Waals surface area contributed by atoms with Crippen LogP contribution >= 0.6 is 11.6 Å². The van der Waals surface area contributed by atoms with Gasteiger partial charge in [-0.15, -0.1) is 0 Å². The molecule has 0 spiro atoms. The highest BCUT2D eigenvalue weighted by molar-refractivity contribution is 6.32. The Morgan fingerprint density at radius 2 is 2.00 bits per heavy atom. The Labute approximate surface area is 164 Å². The number of carbonyl (C=O) groups excluding carboxylic acids is 1. The molecule has 0 heterocycles. The summed E-state index contributed by atoms with van der Waals surface area (Å²) in [6.45, 7) is 3.33. The maximum Gasteiger partial charge on any atom is 0.263 e. The highest BCUT2D eigenvalue weighted by Crippen LogP contribution is 2.59. The molecule has 6 heteroatoms. The lowest BCUT2D eigenvalue weighted by atomic mass is 9.47. The molecule has 1 amide bonds. The third kappa shape index (κ3) is 3.18. The quantitative estimate of drug-likeness (QED) is 0.824. The van der Waals surface area contributed by atoms with Gasteiger partial charge in [-0.05, 0) is 81.9 Å². The highest BCUT2D eigenvalue weighted by Gasteiger charge is 2.58. The largest absolute Gasteiger partial charge is 0.476 e. The molecule has 0 aromatic heterocycles. The number of amides is 1. The Bertz CT molecular complexity index is 805. The van der Waals surface area contributed by atoms with Crippen LogP contribution in [0.2, 0.25) is 5.02 Å². The molecule has 1 aromatic rings. The van der Waals surface area contributed by atoms with Crippen molar-refractivity contribution in [3.05, 3.63) is 29.0 Å². The van der Waals surface area contributed by atoms with Crippen molar-refractivity contribution in [1.82, 2.24) is 5.32 Å². The van der Waals surface area contributed by atoms with Gasteiger partial charge in [0.2, 0.25) is 0 Å². The van der Waals surface area contributed by atoms with Crippen molar-refractivity contribution in [2.45, 2.75) is 57.6 Å². The monoisotopic (exact) mass is 390 g/mol. The molecule has 4 aliphatic rings. The minimum atomic E-state index is -1.19. The van der Waals surface area contributed by atoms with Crippen LogP contribution in [0.1, 0.15) is 46.0 Å². The Balaban J connectivity index is 1.51. The molecule has 0 radical (unpaired) electrons. The SMILES string of the molecule is CC(C)(Oc1ccc(F)cc1Cl)C(=O)NC1C2CC3CC(C2)CC1(C#N)C3. The Hall–Kier alpha value is -1.80. The molecule has 144 valence electrons. The zero-order valence-electron chi connectivity index (χ0n) is 15.6. The summed E-state index contributed by atoms with van der Waals surface area (Å²) in [5.41, 5.74) is -1.64. The molecule has 3 atom stereocenters. The average Bonchev–Trinajstić information content (AvgIpc) is 2.59. The molecule has 3 unspecified atom stereocenters. The number of carbonyl (C=O) groups is 1. The second kappa shape index (κ2) is 6.38. The molecule has 1 aromatic carbocycles. The normalized spacial score (nSPS) is 34.2. The molecule has 5 rings (SSSR count). The lowest BCUT2D eigenvalue weighted by Crippen LogP contribution is -2.64. The number of rotatable bonds is 4. The van der Waals surface area contributed by atoms with Gasteiger partial charge in [-0.25, -0.2) is 4.39 Å². The van der Waals surface area contributed by atoms with E-state index in [1.54, 1.807) is 13.8 Å². The lowest BCUT2D eigenvalue weighted by molar-refractivity contribution is -0.140. The van der Waals surface area contributed by atoms with E-state index in [9.17, 15) is 14.4 Å². The van der Waals surface area contributed by atoms with Crippen LogP contribution in [0, 0.1) is 40.3 Å². The molecule has 0 aliphatic heterocycles. The Kier molecular flexibility index (Phi) is 4.38. The maximum atomic E-state index is 13.2. The molecule has 1 N–H and O–H groups in total. The second-order valence-electron chi connectivity index (χ2n) is 9.01. The molecular formula is C21H24ClFN2O2. The summed E-state index contributed by atoms with van der Waals surface area (Å²) in [5.74, 6) is 1.15. The van der Waals surface area contributed by atoms with Crippen LogP contribution in [0.15, 0.2) is 18.2 Å². The molecule has 4 fully saturated rings. The zero-order chi connectivity index (χ0) is 19.4. The van der Waals surface area contributed by atoms with E-state index in [-0.39, 0.29) is 22.7 Å². The first-order chi connectivity index (χ1) is 12.7. The Morgan fingerprint density at radius 3 is 2.59 bits per heavy atom. The van der Waals surface area contributed by atoms with Crippen molar-refractivity contribution in [1.29, 1.82) is 5.26 Å². The first kappa shape index (κ1) is 18.6. The molecule has 4 aliphatic carbocycles. The second-order valence-corrected chi connectivity index (χ2v) is 9.42. The summed E-state index contributed by atoms with van der Waals surface area (Å²) in [6, 6.07) is 6.26. The fourth-order valence-corrected chi connectivity index (χ4v) is 5.86. The predicted molar refractivity (Wildman–Crippen MR) is 99.6 cm³/mol. The zero-order valence-corrected chi connectivity index (χ0v) is 16.4. The summed E-state index contributed by atoms with van der Waals surface area (Å²) in [7, 11) is 0. The van der Waals surface area contributed by atoms with Crippen molar-refractivity contribution in [2.24, 2.45) is 23.2 Å². The Morgan fingerprint density at radius 1 is 1.33 bits per heavy atom. The van der Waals surface area contributed by atoms with Crippen molar-refractivity contribution >= 4 is 17.5 Å².